The SMILES string of the molecule is COc1ccc2[nH]c3c(ccc4cccnc43)c2c1. The topological polar surface area (TPSA) is 37.9 Å². The lowest BCUT2D eigenvalue weighted by atomic mass is 10.1. The molecule has 0 amide bonds. The first-order valence-electron chi connectivity index (χ1n) is 6.20. The van der Waals surface area contributed by atoms with E-state index in [4.69, 9.17) is 4.74 Å². The zero-order valence-corrected chi connectivity index (χ0v) is 10.5. The number of ether oxygens (including phenoxy) is 1. The number of aromatic amines is 1. The van der Waals surface area contributed by atoms with E-state index < -0.39 is 0 Å². The third kappa shape index (κ3) is 1.41. The van der Waals surface area contributed by atoms with Gasteiger partial charge in [-0.25, -0.2) is 0 Å². The van der Waals surface area contributed by atoms with Crippen molar-refractivity contribution >= 4 is 32.7 Å². The quantitative estimate of drug-likeness (QED) is 0.555. The average Bonchev–Trinajstić information content (AvgIpc) is 2.85. The summed E-state index contributed by atoms with van der Waals surface area (Å²) in [6.45, 7) is 0. The van der Waals surface area contributed by atoms with Crippen LogP contribution in [0.4, 0.5) is 0 Å². The third-order valence-corrected chi connectivity index (χ3v) is 3.55. The molecule has 0 atom stereocenters. The summed E-state index contributed by atoms with van der Waals surface area (Å²) in [5, 5.41) is 3.50. The van der Waals surface area contributed by atoms with Gasteiger partial charge in [-0.15, -0.1) is 0 Å². The van der Waals surface area contributed by atoms with Crippen molar-refractivity contribution in [2.75, 3.05) is 7.11 Å². The molecule has 0 saturated carbocycles. The van der Waals surface area contributed by atoms with E-state index in [1.807, 2.05) is 24.4 Å². The summed E-state index contributed by atoms with van der Waals surface area (Å²) in [4.78, 5) is 7.94. The second kappa shape index (κ2) is 3.72. The third-order valence-electron chi connectivity index (χ3n) is 3.55. The Balaban J connectivity index is 2.21. The molecule has 2 aromatic carbocycles. The van der Waals surface area contributed by atoms with Gasteiger partial charge in [-0.1, -0.05) is 18.2 Å². The minimum atomic E-state index is 0.870. The molecule has 0 aliphatic heterocycles. The van der Waals surface area contributed by atoms with Gasteiger partial charge in [0, 0.05) is 27.9 Å². The van der Waals surface area contributed by atoms with Crippen LogP contribution < -0.4 is 4.74 Å². The molecule has 0 spiro atoms. The van der Waals surface area contributed by atoms with Crippen LogP contribution in [-0.4, -0.2) is 17.1 Å². The van der Waals surface area contributed by atoms with Crippen molar-refractivity contribution in [2.24, 2.45) is 0 Å². The minimum absolute atomic E-state index is 0.870. The Morgan fingerprint density at radius 3 is 2.89 bits per heavy atom. The van der Waals surface area contributed by atoms with Gasteiger partial charge in [0.05, 0.1) is 18.1 Å². The first-order valence-corrected chi connectivity index (χ1v) is 6.20. The molecule has 0 unspecified atom stereocenters. The summed E-state index contributed by atoms with van der Waals surface area (Å²) < 4.78 is 5.30. The van der Waals surface area contributed by atoms with Crippen LogP contribution in [0.1, 0.15) is 0 Å². The van der Waals surface area contributed by atoms with Crippen LogP contribution in [0.25, 0.3) is 32.7 Å². The molecule has 4 aromatic rings. The van der Waals surface area contributed by atoms with Crippen LogP contribution >= 0.6 is 0 Å². The number of benzene rings is 2. The minimum Gasteiger partial charge on any atom is -0.497 e. The van der Waals surface area contributed by atoms with Gasteiger partial charge < -0.3 is 9.72 Å². The summed E-state index contributed by atoms with van der Waals surface area (Å²) >= 11 is 0. The first-order chi connectivity index (χ1) is 9.36. The van der Waals surface area contributed by atoms with Gasteiger partial charge in [0.25, 0.3) is 0 Å². The molecule has 0 bridgehead atoms. The molecule has 4 rings (SSSR count). The van der Waals surface area contributed by atoms with Gasteiger partial charge >= 0.3 is 0 Å². The monoisotopic (exact) mass is 248 g/mol. The number of methoxy groups -OCH3 is 1. The van der Waals surface area contributed by atoms with Gasteiger partial charge in [0.15, 0.2) is 0 Å². The highest BCUT2D eigenvalue weighted by molar-refractivity contribution is 6.15. The number of hydrogen-bond acceptors (Lipinski definition) is 2. The van der Waals surface area contributed by atoms with E-state index in [1.54, 1.807) is 7.11 Å². The number of H-pyrrole nitrogens is 1. The maximum atomic E-state index is 5.30. The van der Waals surface area contributed by atoms with Crippen LogP contribution in [0.15, 0.2) is 48.7 Å². The molecule has 0 saturated heterocycles. The molecule has 1 N–H and O–H groups in total. The van der Waals surface area contributed by atoms with E-state index in [2.05, 4.69) is 34.2 Å². The summed E-state index contributed by atoms with van der Waals surface area (Å²) in [6.07, 6.45) is 1.83. The number of nitrogens with one attached hydrogen (secondary N) is 1. The Morgan fingerprint density at radius 2 is 2.00 bits per heavy atom. The van der Waals surface area contributed by atoms with Gasteiger partial charge in [0.2, 0.25) is 0 Å². The molecule has 0 radical (unpaired) electrons. The molecule has 2 heterocycles. The molecule has 3 nitrogen and oxygen atoms in total. The van der Waals surface area contributed by atoms with Crippen molar-refractivity contribution in [3.8, 4) is 5.75 Å². The lowest BCUT2D eigenvalue weighted by Crippen LogP contribution is -1.80. The summed E-state index contributed by atoms with van der Waals surface area (Å²) in [5.41, 5.74) is 3.20. The van der Waals surface area contributed by atoms with Crippen LogP contribution in [0, 0.1) is 0 Å². The predicted molar refractivity (Wildman–Crippen MR) is 77.7 cm³/mol. The van der Waals surface area contributed by atoms with Gasteiger partial charge in [-0.05, 0) is 24.3 Å². The Hall–Kier alpha value is -2.55. The summed E-state index contributed by atoms with van der Waals surface area (Å²) in [6, 6.07) is 14.3. The van der Waals surface area contributed by atoms with E-state index in [1.165, 1.54) is 10.8 Å². The highest BCUT2D eigenvalue weighted by atomic mass is 16.5. The highest BCUT2D eigenvalue weighted by Gasteiger charge is 2.08. The lowest BCUT2D eigenvalue weighted by Gasteiger charge is -1.99. The lowest BCUT2D eigenvalue weighted by molar-refractivity contribution is 0.415. The zero-order valence-electron chi connectivity index (χ0n) is 10.5. The highest BCUT2D eigenvalue weighted by Crippen LogP contribution is 2.31. The smallest absolute Gasteiger partial charge is 0.119 e. The second-order valence-electron chi connectivity index (χ2n) is 4.60. The molecule has 19 heavy (non-hydrogen) atoms. The summed E-state index contributed by atoms with van der Waals surface area (Å²) in [7, 11) is 1.69. The van der Waals surface area contributed by atoms with Crippen molar-refractivity contribution in [1.82, 2.24) is 9.97 Å². The second-order valence-corrected chi connectivity index (χ2v) is 4.60. The Bertz CT molecular complexity index is 908. The van der Waals surface area contributed by atoms with Gasteiger partial charge in [0.1, 0.15) is 5.75 Å². The fourth-order valence-electron chi connectivity index (χ4n) is 2.61. The molecule has 0 fully saturated rings. The van der Waals surface area contributed by atoms with Gasteiger partial charge in [-0.3, -0.25) is 4.98 Å². The number of aromatic nitrogens is 2. The van der Waals surface area contributed by atoms with Crippen molar-refractivity contribution in [3.05, 3.63) is 48.7 Å². The fraction of sp³-hybridized carbons (Fsp3) is 0.0625. The van der Waals surface area contributed by atoms with E-state index >= 15 is 0 Å². The number of hydrogen-bond donors (Lipinski definition) is 1. The number of fused-ring (bicyclic) bond motifs is 5. The molecule has 0 aliphatic rings. The van der Waals surface area contributed by atoms with E-state index in [0.29, 0.717) is 0 Å². The Labute approximate surface area is 109 Å². The maximum absolute atomic E-state index is 5.30. The molecular formula is C16H12N2O. The maximum Gasteiger partial charge on any atom is 0.119 e. The van der Waals surface area contributed by atoms with Crippen molar-refractivity contribution in [3.63, 3.8) is 0 Å². The summed E-state index contributed by atoms with van der Waals surface area (Å²) in [5.74, 6) is 0.870. The Morgan fingerprint density at radius 1 is 1.05 bits per heavy atom. The first kappa shape index (κ1) is 10.4. The molecule has 92 valence electrons. The number of rotatable bonds is 1. The molecule has 0 aliphatic carbocycles. The normalized spacial score (nSPS) is 11.4. The van der Waals surface area contributed by atoms with Crippen LogP contribution in [0.3, 0.4) is 0 Å². The van der Waals surface area contributed by atoms with E-state index in [9.17, 15) is 0 Å². The van der Waals surface area contributed by atoms with Crippen molar-refractivity contribution in [1.29, 1.82) is 0 Å². The van der Waals surface area contributed by atoms with E-state index in [0.717, 1.165) is 27.7 Å². The van der Waals surface area contributed by atoms with Crippen molar-refractivity contribution < 1.29 is 4.74 Å². The van der Waals surface area contributed by atoms with Crippen LogP contribution in [0.2, 0.25) is 0 Å². The molecule has 2 aromatic heterocycles. The predicted octanol–water partition coefficient (Wildman–Crippen LogP) is 3.88. The van der Waals surface area contributed by atoms with Crippen LogP contribution in [-0.2, 0) is 0 Å². The number of nitrogens with zero attached hydrogens (tertiary/aromatic N) is 1. The Kier molecular flexibility index (Phi) is 2.03. The number of pyridine rings is 1. The largest absolute Gasteiger partial charge is 0.497 e. The van der Waals surface area contributed by atoms with Gasteiger partial charge in [-0.2, -0.15) is 0 Å². The molecule has 3 heteroatoms. The standard InChI is InChI=1S/C16H12N2O/c1-19-11-5-7-14-13(9-11)12-6-4-10-3-2-8-17-15(10)16(12)18-14/h2-9,18H,1H3. The van der Waals surface area contributed by atoms with E-state index in [-0.39, 0.29) is 0 Å². The van der Waals surface area contributed by atoms with Crippen molar-refractivity contribution in [2.45, 2.75) is 0 Å². The molecular weight excluding hydrogens is 236 g/mol. The fourth-order valence-corrected chi connectivity index (χ4v) is 2.61. The zero-order chi connectivity index (χ0) is 12.8. The average molecular weight is 248 g/mol. The van der Waals surface area contributed by atoms with Crippen LogP contribution in [0.5, 0.6) is 5.75 Å².